The van der Waals surface area contributed by atoms with Crippen LogP contribution in [0, 0.1) is 5.41 Å². The number of rotatable bonds is 0. The van der Waals surface area contributed by atoms with Crippen molar-refractivity contribution < 1.29 is 17.3 Å². The average molecular weight is 159 g/mol. The summed E-state index contributed by atoms with van der Waals surface area (Å²) < 4.78 is 39.0. The highest BCUT2D eigenvalue weighted by Gasteiger charge is 2.20. The molecule has 0 saturated heterocycles. The second-order valence-corrected chi connectivity index (χ2v) is 3.49. The topological polar surface area (TPSA) is 0 Å². The zero-order chi connectivity index (χ0) is 9.00. The summed E-state index contributed by atoms with van der Waals surface area (Å²) in [6.45, 7) is 8.75. The molecule has 5 heteroatoms. The highest BCUT2D eigenvalue weighted by atomic mass is 19.5. The van der Waals surface area contributed by atoms with Crippen molar-refractivity contribution in [2.45, 2.75) is 27.7 Å². The molecule has 0 radical (unpaired) electrons. The first-order chi connectivity index (χ1) is 4.00. The van der Waals surface area contributed by atoms with Crippen LogP contribution >= 0.6 is 0 Å². The fourth-order valence-corrected chi connectivity index (χ4v) is 0. The van der Waals surface area contributed by atoms with Crippen LogP contribution in [0.4, 0.5) is 17.3 Å². The van der Waals surface area contributed by atoms with Gasteiger partial charge < -0.3 is 17.3 Å². The third-order valence-corrected chi connectivity index (χ3v) is 0. The largest absolute Gasteiger partial charge is 0.673 e. The Bertz CT molecular complexity index is 56.6. The maximum atomic E-state index is 9.75. The second kappa shape index (κ2) is 3.83. The van der Waals surface area contributed by atoms with Gasteiger partial charge in [0.05, 0.1) is 0 Å². The van der Waals surface area contributed by atoms with Crippen molar-refractivity contribution in [3.63, 3.8) is 0 Å². The normalized spacial score (nSPS) is 12.0. The van der Waals surface area contributed by atoms with Gasteiger partial charge >= 0.3 is 7.25 Å². The molecular formula is C5H12BF4-. The van der Waals surface area contributed by atoms with Crippen LogP contribution in [0.15, 0.2) is 0 Å². The van der Waals surface area contributed by atoms with Crippen molar-refractivity contribution in [1.29, 1.82) is 0 Å². The van der Waals surface area contributed by atoms with Crippen LogP contribution < -0.4 is 0 Å². The monoisotopic (exact) mass is 159 g/mol. The Balaban J connectivity index is 0. The van der Waals surface area contributed by atoms with Crippen LogP contribution in [0.25, 0.3) is 0 Å². The minimum Gasteiger partial charge on any atom is -0.418 e. The summed E-state index contributed by atoms with van der Waals surface area (Å²) in [5.74, 6) is 0. The van der Waals surface area contributed by atoms with E-state index in [4.69, 9.17) is 0 Å². The summed E-state index contributed by atoms with van der Waals surface area (Å²) in [6.07, 6.45) is 0. The SMILES string of the molecule is CC(C)(C)C.F[B-](F)(F)F. The lowest BCUT2D eigenvalue weighted by molar-refractivity contribution is 0.368. The molecule has 0 aliphatic carbocycles. The van der Waals surface area contributed by atoms with Gasteiger partial charge in [-0.1, -0.05) is 27.7 Å². The molecular weight excluding hydrogens is 147 g/mol. The molecule has 0 unspecified atom stereocenters. The van der Waals surface area contributed by atoms with Crippen LogP contribution in [-0.2, 0) is 0 Å². The zero-order valence-electron chi connectivity index (χ0n) is 6.59. The van der Waals surface area contributed by atoms with Crippen LogP contribution in [-0.4, -0.2) is 7.25 Å². The van der Waals surface area contributed by atoms with Crippen LogP contribution in [0.3, 0.4) is 0 Å². The summed E-state index contributed by atoms with van der Waals surface area (Å²) >= 11 is 0. The smallest absolute Gasteiger partial charge is 0.418 e. The fourth-order valence-electron chi connectivity index (χ4n) is 0. The first-order valence-electron chi connectivity index (χ1n) is 2.87. The lowest BCUT2D eigenvalue weighted by Crippen LogP contribution is -2.02. The molecule has 0 aliphatic heterocycles. The van der Waals surface area contributed by atoms with E-state index in [9.17, 15) is 17.3 Å². The molecule has 0 aromatic heterocycles. The molecule has 0 heterocycles. The highest BCUT2D eigenvalue weighted by molar-refractivity contribution is 6.50. The fraction of sp³-hybridized carbons (Fsp3) is 1.00. The van der Waals surface area contributed by atoms with Crippen molar-refractivity contribution in [1.82, 2.24) is 0 Å². The summed E-state index contributed by atoms with van der Waals surface area (Å²) in [5.41, 5.74) is 0.500. The summed E-state index contributed by atoms with van der Waals surface area (Å²) in [7, 11) is -6.00. The van der Waals surface area contributed by atoms with Gasteiger partial charge in [0.2, 0.25) is 0 Å². The van der Waals surface area contributed by atoms with E-state index < -0.39 is 7.25 Å². The quantitative estimate of drug-likeness (QED) is 0.375. The lowest BCUT2D eigenvalue weighted by Gasteiger charge is -2.05. The molecule has 0 amide bonds. The maximum absolute atomic E-state index is 9.75. The van der Waals surface area contributed by atoms with Crippen molar-refractivity contribution in [2.24, 2.45) is 5.41 Å². The van der Waals surface area contributed by atoms with Gasteiger partial charge in [-0.05, 0) is 5.41 Å². The molecule has 0 atom stereocenters. The molecule has 0 aliphatic rings. The Hall–Kier alpha value is -0.215. The van der Waals surface area contributed by atoms with Crippen molar-refractivity contribution in [2.75, 3.05) is 0 Å². The van der Waals surface area contributed by atoms with E-state index in [1.807, 2.05) is 0 Å². The number of halogens is 4. The number of hydrogen-bond acceptors (Lipinski definition) is 0. The Morgan fingerprint density at radius 2 is 0.800 bits per heavy atom. The van der Waals surface area contributed by atoms with Gasteiger partial charge in [-0.3, -0.25) is 0 Å². The minimum atomic E-state index is -6.00. The Kier molecular flexibility index (Phi) is 4.78. The lowest BCUT2D eigenvalue weighted by atomic mass is 10.0. The average Bonchev–Trinajstić information content (AvgIpc) is 1.12. The van der Waals surface area contributed by atoms with E-state index in [0.29, 0.717) is 5.41 Å². The molecule has 64 valence electrons. The van der Waals surface area contributed by atoms with Crippen LogP contribution in [0.1, 0.15) is 27.7 Å². The van der Waals surface area contributed by atoms with E-state index in [1.165, 1.54) is 0 Å². The molecule has 0 N–H and O–H groups in total. The van der Waals surface area contributed by atoms with Gasteiger partial charge in [0.25, 0.3) is 0 Å². The molecule has 0 saturated carbocycles. The summed E-state index contributed by atoms with van der Waals surface area (Å²) in [5, 5.41) is 0. The molecule has 0 nitrogen and oxygen atoms in total. The van der Waals surface area contributed by atoms with E-state index >= 15 is 0 Å². The van der Waals surface area contributed by atoms with E-state index in [-0.39, 0.29) is 0 Å². The van der Waals surface area contributed by atoms with Crippen molar-refractivity contribution in [3.8, 4) is 0 Å². The van der Waals surface area contributed by atoms with Gasteiger partial charge in [0.15, 0.2) is 0 Å². The molecule has 0 bridgehead atoms. The molecule has 0 fully saturated rings. The van der Waals surface area contributed by atoms with Gasteiger partial charge in [0.1, 0.15) is 0 Å². The summed E-state index contributed by atoms with van der Waals surface area (Å²) in [6, 6.07) is 0. The number of hydrogen-bond donors (Lipinski definition) is 0. The first kappa shape index (κ1) is 12.5. The third-order valence-electron chi connectivity index (χ3n) is 0. The Morgan fingerprint density at radius 1 is 0.800 bits per heavy atom. The van der Waals surface area contributed by atoms with Crippen molar-refractivity contribution in [3.05, 3.63) is 0 Å². The predicted octanol–water partition coefficient (Wildman–Crippen LogP) is 3.35. The third kappa shape index (κ3) is 7750. The standard InChI is InChI=1S/C5H12.BF4/c1-5(2,3)4;2-1(3,4)5/h1-4H3;/q;-1. The van der Waals surface area contributed by atoms with Gasteiger partial charge in [-0.2, -0.15) is 0 Å². The van der Waals surface area contributed by atoms with Gasteiger partial charge in [-0.15, -0.1) is 0 Å². The minimum absolute atomic E-state index is 0.500. The molecule has 0 spiro atoms. The van der Waals surface area contributed by atoms with E-state index in [1.54, 1.807) is 0 Å². The highest BCUT2D eigenvalue weighted by Crippen LogP contribution is 2.08. The van der Waals surface area contributed by atoms with E-state index in [2.05, 4.69) is 27.7 Å². The van der Waals surface area contributed by atoms with Gasteiger partial charge in [-0.25, -0.2) is 0 Å². The second-order valence-electron chi connectivity index (χ2n) is 3.49. The van der Waals surface area contributed by atoms with Crippen molar-refractivity contribution >= 4 is 7.25 Å². The Morgan fingerprint density at radius 3 is 0.800 bits per heavy atom. The molecule has 10 heavy (non-hydrogen) atoms. The summed E-state index contributed by atoms with van der Waals surface area (Å²) in [4.78, 5) is 0. The Labute approximate surface area is 58.7 Å². The molecule has 0 rings (SSSR count). The molecule has 0 aromatic rings. The van der Waals surface area contributed by atoms with E-state index in [0.717, 1.165) is 0 Å². The molecule has 0 aromatic carbocycles. The zero-order valence-corrected chi connectivity index (χ0v) is 6.59. The van der Waals surface area contributed by atoms with Crippen LogP contribution in [0.5, 0.6) is 0 Å². The van der Waals surface area contributed by atoms with Gasteiger partial charge in [0, 0.05) is 0 Å². The predicted molar refractivity (Wildman–Crippen MR) is 35.3 cm³/mol. The van der Waals surface area contributed by atoms with Crippen LogP contribution in [0.2, 0.25) is 0 Å². The first-order valence-corrected chi connectivity index (χ1v) is 2.87. The maximum Gasteiger partial charge on any atom is 0.673 e.